The van der Waals surface area contributed by atoms with Gasteiger partial charge in [-0.05, 0) is 34.0 Å². The summed E-state index contributed by atoms with van der Waals surface area (Å²) >= 11 is 0. The Morgan fingerprint density at radius 3 is 2.21 bits per heavy atom. The Morgan fingerprint density at radius 1 is 0.758 bits per heavy atom. The number of allylic oxidation sites excluding steroid dienone is 2. The van der Waals surface area contributed by atoms with Crippen molar-refractivity contribution < 1.29 is 8.99 Å². The molecule has 0 N–H and O–H groups in total. The Bertz CT molecular complexity index is 1570. The van der Waals surface area contributed by atoms with E-state index in [1.807, 2.05) is 29.0 Å². The molecule has 4 aromatic carbocycles. The first-order valence-electron chi connectivity index (χ1n) is 11.1. The molecule has 158 valence electrons. The summed E-state index contributed by atoms with van der Waals surface area (Å²) in [6.07, 6.45) is 8.07. The Hall–Kier alpha value is -4.30. The van der Waals surface area contributed by atoms with Gasteiger partial charge in [-0.2, -0.15) is 0 Å². The Labute approximate surface area is 193 Å². The smallest absolute Gasteiger partial charge is 0.279 e. The average molecular weight is 426 g/mol. The highest BCUT2D eigenvalue weighted by Crippen LogP contribution is 2.38. The molecule has 0 atom stereocenters. The summed E-state index contributed by atoms with van der Waals surface area (Å²) in [6.45, 7) is 6.28. The molecule has 0 amide bonds. The molecule has 1 aromatic heterocycles. The van der Waals surface area contributed by atoms with E-state index < -0.39 is 0 Å². The van der Waals surface area contributed by atoms with Gasteiger partial charge in [-0.3, -0.25) is 8.99 Å². The van der Waals surface area contributed by atoms with Gasteiger partial charge in [-0.25, -0.2) is 0 Å². The van der Waals surface area contributed by atoms with Crippen LogP contribution < -0.4 is 0 Å². The molecule has 2 nitrogen and oxygen atoms in total. The summed E-state index contributed by atoms with van der Waals surface area (Å²) in [7, 11) is 0. The topological polar surface area (TPSA) is 14.3 Å². The molecule has 0 saturated carbocycles. The molecule has 0 saturated heterocycles. The van der Waals surface area contributed by atoms with Crippen LogP contribution in [0.5, 0.6) is 0 Å². The molecule has 0 aliphatic carbocycles. The second kappa shape index (κ2) is 7.68. The van der Waals surface area contributed by atoms with Gasteiger partial charge in [0, 0.05) is 0 Å². The zero-order valence-corrected chi connectivity index (χ0v) is 18.5. The largest absolute Gasteiger partial charge is 0.286 e. The molecule has 0 spiro atoms. The van der Waals surface area contributed by atoms with Crippen LogP contribution >= 0.6 is 0 Å². The summed E-state index contributed by atoms with van der Waals surface area (Å²) < 4.78 is 8.39. The van der Waals surface area contributed by atoms with Crippen LogP contribution in [0.4, 0.5) is 0 Å². The van der Waals surface area contributed by atoms with E-state index in [2.05, 4.69) is 98.6 Å². The number of aryl methyl sites for hydroxylation is 1. The van der Waals surface area contributed by atoms with Crippen molar-refractivity contribution in [2.45, 2.75) is 6.92 Å². The molecule has 6 rings (SSSR count). The molecule has 0 bridgehead atoms. The molecular weight excluding hydrogens is 402 g/mol. The minimum absolute atomic E-state index is 0.896. The van der Waals surface area contributed by atoms with Crippen LogP contribution in [0, 0.1) is 13.0 Å². The third-order valence-corrected chi connectivity index (χ3v) is 6.37. The first-order valence-corrected chi connectivity index (χ1v) is 11.1. The van der Waals surface area contributed by atoms with Gasteiger partial charge in [0.2, 0.25) is 0 Å². The van der Waals surface area contributed by atoms with Crippen molar-refractivity contribution in [3.63, 3.8) is 0 Å². The summed E-state index contributed by atoms with van der Waals surface area (Å²) in [5, 5.41) is 2.25. The molecule has 2 heteroatoms. The van der Waals surface area contributed by atoms with Gasteiger partial charge in [0.25, 0.3) is 11.2 Å². The summed E-state index contributed by atoms with van der Waals surface area (Å²) in [5.74, 6) is 0. The van der Waals surface area contributed by atoms with Gasteiger partial charge < -0.3 is 0 Å². The normalized spacial score (nSPS) is 13.4. The number of hydrogen-bond donors (Lipinski definition) is 0. The monoisotopic (exact) mass is 425 g/mol. The van der Waals surface area contributed by atoms with E-state index in [1.165, 1.54) is 22.3 Å². The van der Waals surface area contributed by atoms with Gasteiger partial charge in [-0.15, -0.1) is 18.2 Å². The zero-order chi connectivity index (χ0) is 22.4. The van der Waals surface area contributed by atoms with Gasteiger partial charge in [0.15, 0.2) is 6.04 Å². The lowest BCUT2D eigenvalue weighted by molar-refractivity contribution is -0.417. The van der Waals surface area contributed by atoms with Gasteiger partial charge >= 0.3 is 0 Å². The molecule has 0 radical (unpaired) electrons. The SMILES string of the molecule is C=[N+]1C=CC=C[C-]1c1c(C)ccc2c1[o+][c-]1cc(-c3ccc(-c4ccccc4)cc3)ccc21. The number of hydrogen-bond acceptors (Lipinski definition) is 0. The van der Waals surface area contributed by atoms with Crippen molar-refractivity contribution in [3.05, 3.63) is 127 Å². The van der Waals surface area contributed by atoms with E-state index in [-0.39, 0.29) is 0 Å². The third kappa shape index (κ3) is 3.28. The van der Waals surface area contributed by atoms with Crippen LogP contribution in [-0.2, 0) is 0 Å². The van der Waals surface area contributed by atoms with Crippen molar-refractivity contribution in [1.82, 2.24) is 0 Å². The zero-order valence-electron chi connectivity index (χ0n) is 18.5. The molecule has 5 aromatic rings. The maximum atomic E-state index is 6.49. The lowest BCUT2D eigenvalue weighted by atomic mass is 9.96. The first kappa shape index (κ1) is 19.4. The summed E-state index contributed by atoms with van der Waals surface area (Å²) in [4.78, 5) is 0. The quantitative estimate of drug-likeness (QED) is 0.163. The van der Waals surface area contributed by atoms with Crippen LogP contribution in [0.15, 0.2) is 114 Å². The molecule has 1 aliphatic heterocycles. The van der Waals surface area contributed by atoms with Crippen LogP contribution in [0.1, 0.15) is 11.1 Å². The van der Waals surface area contributed by atoms with Crippen LogP contribution in [-0.4, -0.2) is 11.3 Å². The van der Waals surface area contributed by atoms with Crippen molar-refractivity contribution in [2.75, 3.05) is 0 Å². The third-order valence-electron chi connectivity index (χ3n) is 6.37. The highest BCUT2D eigenvalue weighted by molar-refractivity contribution is 6.07. The molecule has 33 heavy (non-hydrogen) atoms. The van der Waals surface area contributed by atoms with E-state index in [4.69, 9.17) is 4.42 Å². The fourth-order valence-electron chi connectivity index (χ4n) is 4.63. The Kier molecular flexibility index (Phi) is 4.51. The predicted octanol–water partition coefficient (Wildman–Crippen LogP) is 7.91. The number of benzene rings is 4. The number of nitrogens with zero attached hydrogens (tertiary/aromatic N) is 1. The lowest BCUT2D eigenvalue weighted by Gasteiger charge is -2.16. The van der Waals surface area contributed by atoms with Crippen molar-refractivity contribution in [3.8, 4) is 22.3 Å². The van der Waals surface area contributed by atoms with E-state index in [0.29, 0.717) is 0 Å². The van der Waals surface area contributed by atoms with Crippen molar-refractivity contribution in [2.24, 2.45) is 0 Å². The van der Waals surface area contributed by atoms with E-state index in [0.717, 1.165) is 39.1 Å². The van der Waals surface area contributed by atoms with Gasteiger partial charge in [0.05, 0.1) is 12.3 Å². The van der Waals surface area contributed by atoms with E-state index >= 15 is 0 Å². The Morgan fingerprint density at radius 2 is 1.45 bits per heavy atom. The average Bonchev–Trinajstić information content (AvgIpc) is 3.23. The standard InChI is InChI=1S/C31H23NO/c1-21-11-17-27-26-18-16-25(24-14-12-23(13-15-24)22-8-4-3-5-9-22)20-29(26)33-31(27)30(21)28-10-6-7-19-32(28)2/h3-20H,2H2,1H3. The Balaban J connectivity index is 1.44. The first-order chi connectivity index (χ1) is 16.2. The fourth-order valence-corrected chi connectivity index (χ4v) is 4.63. The van der Waals surface area contributed by atoms with Gasteiger partial charge in [0.1, 0.15) is 6.20 Å². The van der Waals surface area contributed by atoms with E-state index in [1.54, 1.807) is 0 Å². The predicted molar refractivity (Wildman–Crippen MR) is 137 cm³/mol. The highest BCUT2D eigenvalue weighted by atomic mass is 16.3. The maximum Gasteiger partial charge on any atom is 0.279 e. The lowest BCUT2D eigenvalue weighted by Crippen LogP contribution is -2.14. The summed E-state index contributed by atoms with van der Waals surface area (Å²) in [5.41, 5.74) is 8.82. The minimum atomic E-state index is 0.896. The maximum absolute atomic E-state index is 6.49. The second-order valence-corrected chi connectivity index (χ2v) is 8.45. The highest BCUT2D eigenvalue weighted by Gasteiger charge is 2.25. The second-order valence-electron chi connectivity index (χ2n) is 8.45. The molecule has 0 unspecified atom stereocenters. The molecule has 1 aliphatic rings. The van der Waals surface area contributed by atoms with Crippen molar-refractivity contribution >= 4 is 28.7 Å². The molecule has 2 heterocycles. The van der Waals surface area contributed by atoms with Crippen LogP contribution in [0.25, 0.3) is 44.2 Å². The molecular formula is C31H23NO. The van der Waals surface area contributed by atoms with Gasteiger partial charge in [-0.1, -0.05) is 96.4 Å². The number of rotatable bonds is 3. The number of furan rings is 1. The minimum Gasteiger partial charge on any atom is -0.286 e. The summed E-state index contributed by atoms with van der Waals surface area (Å²) in [6, 6.07) is 31.0. The van der Waals surface area contributed by atoms with Crippen molar-refractivity contribution in [1.29, 1.82) is 0 Å². The fraction of sp³-hybridized carbons (Fsp3) is 0.0323. The van der Waals surface area contributed by atoms with E-state index in [9.17, 15) is 0 Å². The van der Waals surface area contributed by atoms with Crippen LogP contribution in [0.2, 0.25) is 0 Å². The molecule has 0 fully saturated rings. The van der Waals surface area contributed by atoms with Crippen LogP contribution in [0.3, 0.4) is 0 Å². The number of fused-ring (bicyclic) bond motifs is 3.